The van der Waals surface area contributed by atoms with E-state index in [1.54, 1.807) is 0 Å². The zero-order valence-electron chi connectivity index (χ0n) is 8.85. The molecule has 1 rings (SSSR count). The summed E-state index contributed by atoms with van der Waals surface area (Å²) in [7, 11) is -0.768. The SMILES string of the molecule is CC(Cl)([SiH2]Cl)C(C)(C)c1ccccc1. The van der Waals surface area contributed by atoms with E-state index in [9.17, 15) is 0 Å². The first-order valence-corrected chi connectivity index (χ1v) is 7.94. The highest BCUT2D eigenvalue weighted by molar-refractivity contribution is 6.99. The molecule has 0 nitrogen and oxygen atoms in total. The van der Waals surface area contributed by atoms with Crippen LogP contribution in [0.1, 0.15) is 26.3 Å². The van der Waals surface area contributed by atoms with Crippen molar-refractivity contribution in [2.75, 3.05) is 0 Å². The first-order chi connectivity index (χ1) is 6.42. The van der Waals surface area contributed by atoms with E-state index in [4.69, 9.17) is 22.7 Å². The van der Waals surface area contributed by atoms with Crippen molar-refractivity contribution in [3.8, 4) is 0 Å². The Labute approximate surface area is 98.1 Å². The van der Waals surface area contributed by atoms with Gasteiger partial charge >= 0.3 is 0 Å². The summed E-state index contributed by atoms with van der Waals surface area (Å²) >= 11 is 12.5. The van der Waals surface area contributed by atoms with Crippen LogP contribution in [0.2, 0.25) is 0 Å². The second kappa shape index (κ2) is 4.26. The second-order valence-electron chi connectivity index (χ2n) is 4.32. The topological polar surface area (TPSA) is 0 Å². The molecule has 0 heterocycles. The summed E-state index contributed by atoms with van der Waals surface area (Å²) in [6.07, 6.45) is 0. The number of hydrogen-bond donors (Lipinski definition) is 0. The molecule has 0 saturated heterocycles. The lowest BCUT2D eigenvalue weighted by atomic mass is 9.81. The van der Waals surface area contributed by atoms with Crippen molar-refractivity contribution in [2.24, 2.45) is 0 Å². The molecule has 0 fully saturated rings. The maximum absolute atomic E-state index is 6.48. The summed E-state index contributed by atoms with van der Waals surface area (Å²) in [6, 6.07) is 10.3. The summed E-state index contributed by atoms with van der Waals surface area (Å²) < 4.78 is -0.282. The summed E-state index contributed by atoms with van der Waals surface area (Å²) in [5.74, 6) is 0. The third kappa shape index (κ3) is 2.15. The van der Waals surface area contributed by atoms with Crippen LogP contribution in [-0.2, 0) is 5.41 Å². The quantitative estimate of drug-likeness (QED) is 0.437. The van der Waals surface area contributed by atoms with Gasteiger partial charge in [-0.3, -0.25) is 0 Å². The fourth-order valence-corrected chi connectivity index (χ4v) is 2.97. The van der Waals surface area contributed by atoms with E-state index in [0.29, 0.717) is 0 Å². The smallest absolute Gasteiger partial charge is 0.147 e. The van der Waals surface area contributed by atoms with Crippen LogP contribution in [0.3, 0.4) is 0 Å². The van der Waals surface area contributed by atoms with Crippen molar-refractivity contribution in [2.45, 2.75) is 30.7 Å². The minimum atomic E-state index is -0.768. The number of benzene rings is 1. The highest BCUT2D eigenvalue weighted by atomic mass is 35.6. The minimum Gasteiger partial charge on any atom is -0.174 e. The minimum absolute atomic E-state index is 0.0657. The first kappa shape index (κ1) is 12.1. The molecule has 1 aromatic carbocycles. The van der Waals surface area contributed by atoms with Gasteiger partial charge in [-0.05, 0) is 12.5 Å². The van der Waals surface area contributed by atoms with E-state index in [1.165, 1.54) is 5.56 Å². The fraction of sp³-hybridized carbons (Fsp3) is 0.455. The van der Waals surface area contributed by atoms with Crippen molar-refractivity contribution in [3.05, 3.63) is 35.9 Å². The average Bonchev–Trinajstić information content (AvgIpc) is 2.19. The van der Waals surface area contributed by atoms with Gasteiger partial charge in [-0.1, -0.05) is 44.2 Å². The molecule has 1 unspecified atom stereocenters. The maximum Gasteiger partial charge on any atom is 0.147 e. The predicted molar refractivity (Wildman–Crippen MR) is 68.1 cm³/mol. The van der Waals surface area contributed by atoms with Crippen molar-refractivity contribution in [3.63, 3.8) is 0 Å². The van der Waals surface area contributed by atoms with Crippen LogP contribution in [0.15, 0.2) is 30.3 Å². The van der Waals surface area contributed by atoms with Crippen molar-refractivity contribution in [1.82, 2.24) is 0 Å². The molecule has 0 radical (unpaired) electrons. The van der Waals surface area contributed by atoms with Crippen LogP contribution in [-0.4, -0.2) is 13.3 Å². The molecule has 1 atom stereocenters. The van der Waals surface area contributed by atoms with Gasteiger partial charge in [0.15, 0.2) is 0 Å². The third-order valence-corrected chi connectivity index (χ3v) is 7.32. The largest absolute Gasteiger partial charge is 0.174 e. The molecule has 0 spiro atoms. The van der Waals surface area contributed by atoms with Crippen LogP contribution in [0.4, 0.5) is 0 Å². The number of halogens is 2. The molecular weight excluding hydrogens is 231 g/mol. The Balaban J connectivity index is 3.08. The fourth-order valence-electron chi connectivity index (χ4n) is 1.32. The first-order valence-electron chi connectivity index (χ1n) is 4.72. The Morgan fingerprint density at radius 3 is 2.00 bits per heavy atom. The van der Waals surface area contributed by atoms with Crippen molar-refractivity contribution < 1.29 is 0 Å². The Morgan fingerprint density at radius 1 is 1.07 bits per heavy atom. The van der Waals surface area contributed by atoms with E-state index in [2.05, 4.69) is 26.0 Å². The molecule has 78 valence electrons. The van der Waals surface area contributed by atoms with Gasteiger partial charge in [0.25, 0.3) is 0 Å². The summed E-state index contributed by atoms with van der Waals surface area (Å²) in [4.78, 5) is 0. The van der Waals surface area contributed by atoms with Gasteiger partial charge in [-0.15, -0.1) is 11.6 Å². The molecular formula is C11H16Cl2Si. The number of rotatable bonds is 3. The van der Waals surface area contributed by atoms with E-state index < -0.39 is 8.83 Å². The van der Waals surface area contributed by atoms with Gasteiger partial charge in [0.1, 0.15) is 8.83 Å². The van der Waals surface area contributed by atoms with Crippen LogP contribution < -0.4 is 0 Å². The molecule has 0 saturated carbocycles. The molecule has 0 aromatic heterocycles. The lowest BCUT2D eigenvalue weighted by molar-refractivity contribution is 0.474. The molecule has 0 aliphatic rings. The summed E-state index contributed by atoms with van der Waals surface area (Å²) in [5, 5.41) is 0. The van der Waals surface area contributed by atoms with Crippen LogP contribution in [0.5, 0.6) is 0 Å². The Kier molecular flexibility index (Phi) is 3.67. The monoisotopic (exact) mass is 246 g/mol. The van der Waals surface area contributed by atoms with Crippen LogP contribution in [0, 0.1) is 0 Å². The molecule has 0 bridgehead atoms. The third-order valence-electron chi connectivity index (χ3n) is 3.05. The zero-order chi connectivity index (χ0) is 10.8. The summed E-state index contributed by atoms with van der Waals surface area (Å²) in [6.45, 7) is 6.36. The molecule has 0 aliphatic heterocycles. The maximum atomic E-state index is 6.48. The Bertz CT molecular complexity index is 293. The van der Waals surface area contributed by atoms with Gasteiger partial charge in [0, 0.05) is 5.41 Å². The van der Waals surface area contributed by atoms with Crippen LogP contribution >= 0.6 is 22.7 Å². The van der Waals surface area contributed by atoms with Crippen molar-refractivity contribution in [1.29, 1.82) is 0 Å². The van der Waals surface area contributed by atoms with Gasteiger partial charge < -0.3 is 0 Å². The highest BCUT2D eigenvalue weighted by Crippen LogP contribution is 2.39. The highest BCUT2D eigenvalue weighted by Gasteiger charge is 2.40. The van der Waals surface area contributed by atoms with Gasteiger partial charge in [0.2, 0.25) is 0 Å². The lowest BCUT2D eigenvalue weighted by Gasteiger charge is -2.38. The average molecular weight is 247 g/mol. The van der Waals surface area contributed by atoms with E-state index in [0.717, 1.165) is 0 Å². The zero-order valence-corrected chi connectivity index (χ0v) is 11.8. The molecule has 14 heavy (non-hydrogen) atoms. The van der Waals surface area contributed by atoms with E-state index in [-0.39, 0.29) is 9.91 Å². The summed E-state index contributed by atoms with van der Waals surface area (Å²) in [5.41, 5.74) is 1.19. The molecule has 0 aliphatic carbocycles. The second-order valence-corrected chi connectivity index (χ2v) is 8.09. The number of alkyl halides is 1. The Morgan fingerprint density at radius 2 is 1.57 bits per heavy atom. The molecule has 0 amide bonds. The molecule has 3 heteroatoms. The van der Waals surface area contributed by atoms with Crippen LogP contribution in [0.25, 0.3) is 0 Å². The van der Waals surface area contributed by atoms with E-state index >= 15 is 0 Å². The predicted octanol–water partition coefficient (Wildman–Crippen LogP) is 3.24. The van der Waals surface area contributed by atoms with Gasteiger partial charge in [0.05, 0.1) is 4.50 Å². The van der Waals surface area contributed by atoms with Crippen molar-refractivity contribution >= 4 is 31.5 Å². The van der Waals surface area contributed by atoms with Gasteiger partial charge in [-0.2, -0.15) is 11.1 Å². The van der Waals surface area contributed by atoms with Gasteiger partial charge in [-0.25, -0.2) is 0 Å². The number of hydrogen-bond acceptors (Lipinski definition) is 0. The normalized spacial score (nSPS) is 17.2. The molecule has 0 N–H and O–H groups in total. The lowest BCUT2D eigenvalue weighted by Crippen LogP contribution is -2.43. The van der Waals surface area contributed by atoms with E-state index in [1.807, 2.05) is 25.1 Å². The molecule has 1 aromatic rings. The Hall–Kier alpha value is 0.0169. The standard InChI is InChI=1S/C11H16Cl2Si/c1-10(2,11(3,12)14-13)9-7-5-4-6-8-9/h4-8H,14H2,1-3H3.